The summed E-state index contributed by atoms with van der Waals surface area (Å²) in [5.74, 6) is -0.670. The molecule has 0 saturated heterocycles. The van der Waals surface area contributed by atoms with Crippen LogP contribution in [0.2, 0.25) is 0 Å². The summed E-state index contributed by atoms with van der Waals surface area (Å²) in [5.41, 5.74) is 0. The van der Waals surface area contributed by atoms with Crippen molar-refractivity contribution < 1.29 is 24.2 Å². The van der Waals surface area contributed by atoms with Crippen molar-refractivity contribution in [2.75, 3.05) is 13.2 Å². The Hall–Kier alpha value is -4.48. The molecule has 1 N–H and O–H groups in total. The van der Waals surface area contributed by atoms with Gasteiger partial charge in [0, 0.05) is 12.8 Å². The minimum absolute atomic E-state index is 0.105. The van der Waals surface area contributed by atoms with Gasteiger partial charge in [-0.1, -0.05) is 204 Å². The van der Waals surface area contributed by atoms with Crippen molar-refractivity contribution in [2.24, 2.45) is 0 Å². The van der Waals surface area contributed by atoms with Crippen LogP contribution >= 0.6 is 0 Å². The summed E-state index contributed by atoms with van der Waals surface area (Å²) in [7, 11) is 0. The predicted octanol–water partition coefficient (Wildman–Crippen LogP) is 16.8. The maximum Gasteiger partial charge on any atom is 0.306 e. The van der Waals surface area contributed by atoms with E-state index < -0.39 is 6.10 Å². The summed E-state index contributed by atoms with van der Waals surface area (Å²) in [6.45, 7) is 3.84. The van der Waals surface area contributed by atoms with Crippen LogP contribution in [0.1, 0.15) is 181 Å². The van der Waals surface area contributed by atoms with Crippen molar-refractivity contribution in [1.29, 1.82) is 0 Å². The third-order valence-electron chi connectivity index (χ3n) is 9.82. The van der Waals surface area contributed by atoms with Gasteiger partial charge in [-0.05, 0) is 122 Å². The van der Waals surface area contributed by atoms with Crippen LogP contribution in [-0.2, 0) is 19.1 Å². The molecule has 0 aliphatic carbocycles. The lowest BCUT2D eigenvalue weighted by atomic mass is 10.1. The van der Waals surface area contributed by atoms with Crippen LogP contribution in [0.15, 0.2) is 158 Å². The number of rotatable bonds is 43. The molecule has 0 aromatic carbocycles. The summed E-state index contributed by atoms with van der Waals surface area (Å²) in [6.07, 6.45) is 81.8. The Labute approximate surface area is 392 Å². The fourth-order valence-corrected chi connectivity index (χ4v) is 6.12. The zero-order chi connectivity index (χ0) is 46.3. The number of carbonyl (C=O) groups is 2. The zero-order valence-electron chi connectivity index (χ0n) is 40.5. The highest BCUT2D eigenvalue weighted by atomic mass is 16.6. The maximum absolute atomic E-state index is 12.3. The number of carbonyl (C=O) groups excluding carboxylic acids is 2. The first kappa shape index (κ1) is 59.5. The van der Waals surface area contributed by atoms with Gasteiger partial charge in [0.05, 0.1) is 6.61 Å². The van der Waals surface area contributed by atoms with Gasteiger partial charge in [-0.3, -0.25) is 9.59 Å². The Balaban J connectivity index is 3.70. The largest absolute Gasteiger partial charge is 0.462 e. The Morgan fingerprint density at radius 2 is 0.625 bits per heavy atom. The Morgan fingerprint density at radius 3 is 0.969 bits per heavy atom. The van der Waals surface area contributed by atoms with E-state index in [0.29, 0.717) is 12.8 Å². The average Bonchev–Trinajstić information content (AvgIpc) is 3.30. The molecule has 5 heteroatoms. The second-order valence-electron chi connectivity index (χ2n) is 15.8. The number of allylic oxidation sites excluding steroid dienone is 26. The van der Waals surface area contributed by atoms with Crippen LogP contribution in [0, 0.1) is 0 Å². The summed E-state index contributed by atoms with van der Waals surface area (Å²) >= 11 is 0. The molecule has 0 aliphatic rings. The van der Waals surface area contributed by atoms with Crippen molar-refractivity contribution in [3.05, 3.63) is 158 Å². The maximum atomic E-state index is 12.3. The lowest BCUT2D eigenvalue weighted by molar-refractivity contribution is -0.161. The molecule has 0 fully saturated rings. The van der Waals surface area contributed by atoms with E-state index in [2.05, 4.69) is 172 Å². The molecule has 0 saturated carbocycles. The van der Waals surface area contributed by atoms with Gasteiger partial charge < -0.3 is 14.6 Å². The molecular weight excluding hydrogens is 789 g/mol. The zero-order valence-corrected chi connectivity index (χ0v) is 40.5. The first-order valence-electron chi connectivity index (χ1n) is 25.0. The lowest BCUT2D eigenvalue weighted by Gasteiger charge is -2.15. The monoisotopic (exact) mass is 879 g/mol. The topological polar surface area (TPSA) is 72.8 Å². The Morgan fingerprint density at radius 1 is 0.359 bits per heavy atom. The van der Waals surface area contributed by atoms with Crippen LogP contribution in [0.4, 0.5) is 0 Å². The molecule has 0 spiro atoms. The van der Waals surface area contributed by atoms with Crippen molar-refractivity contribution in [1.82, 2.24) is 0 Å². The van der Waals surface area contributed by atoms with Crippen molar-refractivity contribution in [3.63, 3.8) is 0 Å². The van der Waals surface area contributed by atoms with Gasteiger partial charge in [-0.15, -0.1) is 0 Å². The number of aliphatic hydroxyl groups excluding tert-OH is 1. The van der Waals surface area contributed by atoms with E-state index in [-0.39, 0.29) is 25.2 Å². The molecule has 5 nitrogen and oxygen atoms in total. The van der Waals surface area contributed by atoms with E-state index in [1.54, 1.807) is 0 Å². The van der Waals surface area contributed by atoms with E-state index in [1.165, 1.54) is 25.7 Å². The van der Waals surface area contributed by atoms with Gasteiger partial charge in [0.1, 0.15) is 6.61 Å². The molecule has 0 heterocycles. The smallest absolute Gasteiger partial charge is 0.306 e. The molecule has 0 aliphatic heterocycles. The fourth-order valence-electron chi connectivity index (χ4n) is 6.12. The molecular formula is C59H90O5. The molecule has 356 valence electrons. The van der Waals surface area contributed by atoms with E-state index in [0.717, 1.165) is 128 Å². The number of unbranched alkanes of at least 4 members (excludes halogenated alkanes) is 9. The molecule has 1 atom stereocenters. The van der Waals surface area contributed by atoms with Crippen molar-refractivity contribution in [2.45, 2.75) is 187 Å². The molecule has 1 unspecified atom stereocenters. The number of ether oxygens (including phenoxy) is 2. The summed E-state index contributed by atoms with van der Waals surface area (Å²) in [4.78, 5) is 24.4. The Kier molecular flexibility index (Phi) is 49.2. The van der Waals surface area contributed by atoms with Gasteiger partial charge in [0.15, 0.2) is 6.10 Å². The van der Waals surface area contributed by atoms with E-state index >= 15 is 0 Å². The van der Waals surface area contributed by atoms with Gasteiger partial charge >= 0.3 is 11.9 Å². The quantitative estimate of drug-likeness (QED) is 0.0375. The highest BCUT2D eigenvalue weighted by molar-refractivity contribution is 5.70. The van der Waals surface area contributed by atoms with Gasteiger partial charge in [-0.2, -0.15) is 0 Å². The third-order valence-corrected chi connectivity index (χ3v) is 9.82. The number of aliphatic hydroxyl groups is 1. The highest BCUT2D eigenvalue weighted by Gasteiger charge is 2.16. The average molecular weight is 879 g/mol. The SMILES string of the molecule is CC/C=C\C/C=C\C/C=C\C/C=C\C/C=C\C/C=C\C/C=C\CCCCCCCCCC(=O)OC(CO)COC(=O)CCCC/C=C\C/C=C\C/C=C\C/C=C\C/C=C\C/C=C\CC. The van der Waals surface area contributed by atoms with E-state index in [4.69, 9.17) is 9.47 Å². The van der Waals surface area contributed by atoms with E-state index in [9.17, 15) is 14.7 Å². The van der Waals surface area contributed by atoms with Crippen LogP contribution in [-0.4, -0.2) is 36.4 Å². The summed E-state index contributed by atoms with van der Waals surface area (Å²) < 4.78 is 10.6. The van der Waals surface area contributed by atoms with Crippen molar-refractivity contribution in [3.8, 4) is 0 Å². The van der Waals surface area contributed by atoms with Crippen LogP contribution in [0.25, 0.3) is 0 Å². The van der Waals surface area contributed by atoms with Crippen LogP contribution < -0.4 is 0 Å². The van der Waals surface area contributed by atoms with Crippen LogP contribution in [0.3, 0.4) is 0 Å². The predicted molar refractivity (Wildman–Crippen MR) is 278 cm³/mol. The van der Waals surface area contributed by atoms with E-state index in [1.807, 2.05) is 0 Å². The number of hydrogen-bond acceptors (Lipinski definition) is 5. The second-order valence-corrected chi connectivity index (χ2v) is 15.8. The lowest BCUT2D eigenvalue weighted by Crippen LogP contribution is -2.28. The normalized spacial score (nSPS) is 13.6. The Bertz CT molecular complexity index is 1460. The van der Waals surface area contributed by atoms with Gasteiger partial charge in [-0.25, -0.2) is 0 Å². The van der Waals surface area contributed by atoms with Gasteiger partial charge in [0.25, 0.3) is 0 Å². The molecule has 0 bridgehead atoms. The summed E-state index contributed by atoms with van der Waals surface area (Å²) in [5, 5.41) is 9.62. The molecule has 0 aromatic rings. The minimum atomic E-state index is -0.810. The number of esters is 2. The standard InChI is InChI=1S/C59H90O5/c1-3-5-7-9-11-13-15-17-19-21-23-25-26-27-28-29-30-31-32-34-36-38-40-42-44-46-48-50-52-54-59(62)64-57(55-60)56-63-58(61)53-51-49-47-45-43-41-39-37-35-33-24-22-20-18-16-14-12-10-8-6-4-2/h5-8,11-14,17-20,23-25,27-28,30-31,33-34,36-37,39,43,45,57,60H,3-4,9-10,15-16,21-22,26,29,32,35,38,40-42,44,46-56H2,1-2H3/b7-5-,8-6-,13-11-,14-12-,19-17-,20-18-,25-23-,28-27-,31-30-,33-24-,36-34-,39-37-,45-43-. The first-order valence-corrected chi connectivity index (χ1v) is 25.0. The first-order chi connectivity index (χ1) is 31.6. The molecule has 0 rings (SSSR count). The molecule has 0 aromatic heterocycles. The second kappa shape index (κ2) is 52.9. The van der Waals surface area contributed by atoms with Crippen LogP contribution in [0.5, 0.6) is 0 Å². The highest BCUT2D eigenvalue weighted by Crippen LogP contribution is 2.12. The molecule has 0 radical (unpaired) electrons. The molecule has 64 heavy (non-hydrogen) atoms. The molecule has 0 amide bonds. The summed E-state index contributed by atoms with van der Waals surface area (Å²) in [6, 6.07) is 0. The van der Waals surface area contributed by atoms with Gasteiger partial charge in [0.2, 0.25) is 0 Å². The number of hydrogen-bond donors (Lipinski definition) is 1. The fraction of sp³-hybridized carbons (Fsp3) is 0.525. The minimum Gasteiger partial charge on any atom is -0.462 e. The van der Waals surface area contributed by atoms with Crippen molar-refractivity contribution >= 4 is 11.9 Å². The third kappa shape index (κ3) is 50.2.